The lowest BCUT2D eigenvalue weighted by Crippen LogP contribution is -2.42. The van der Waals surface area contributed by atoms with E-state index in [2.05, 4.69) is 4.57 Å². The maximum Gasteiger partial charge on any atom is 0.271 e. The Kier molecular flexibility index (Phi) is 5.12. The van der Waals surface area contributed by atoms with Crippen molar-refractivity contribution in [3.63, 3.8) is 0 Å². The number of amides is 1. The first kappa shape index (κ1) is 20.6. The molecule has 2 aliphatic carbocycles. The quantitative estimate of drug-likeness (QED) is 0.561. The highest BCUT2D eigenvalue weighted by Crippen LogP contribution is 2.38. The summed E-state index contributed by atoms with van der Waals surface area (Å²) in [5, 5.41) is 0.892. The first-order valence-electron chi connectivity index (χ1n) is 11.5. The van der Waals surface area contributed by atoms with Crippen molar-refractivity contribution in [3.8, 4) is 0 Å². The summed E-state index contributed by atoms with van der Waals surface area (Å²) in [5.41, 5.74) is 2.80. The smallest absolute Gasteiger partial charge is 0.271 e. The average molecular weight is 442 g/mol. The number of hydrogen-bond acceptors (Lipinski definition) is 3. The molecule has 7 heteroatoms. The summed E-state index contributed by atoms with van der Waals surface area (Å²) in [6.45, 7) is 3.44. The first-order chi connectivity index (χ1) is 14.9. The second-order valence-electron chi connectivity index (χ2n) is 9.24. The molecule has 166 valence electrons. The van der Waals surface area contributed by atoms with Crippen LogP contribution in [-0.2, 0) is 16.6 Å². The molecule has 3 aromatic rings. The largest absolute Gasteiger partial charge is 0.339 e. The molecule has 0 N–H and O–H groups in total. The zero-order chi connectivity index (χ0) is 21.8. The molecule has 0 saturated heterocycles. The Morgan fingerprint density at radius 1 is 1.06 bits per heavy atom. The van der Waals surface area contributed by atoms with E-state index in [0.29, 0.717) is 18.0 Å². The normalized spacial score (nSPS) is 18.1. The topological polar surface area (TPSA) is 64.3 Å². The molecule has 0 spiro atoms. The summed E-state index contributed by atoms with van der Waals surface area (Å²) in [6, 6.07) is 9.96. The molecule has 0 radical (unpaired) electrons. The fraction of sp³-hybridized carbons (Fsp3) is 0.542. The zero-order valence-electron chi connectivity index (χ0n) is 18.4. The van der Waals surface area contributed by atoms with Crippen LogP contribution in [0.2, 0.25) is 0 Å². The Balaban J connectivity index is 1.72. The molecule has 2 fully saturated rings. The van der Waals surface area contributed by atoms with Gasteiger partial charge in [-0.25, -0.2) is 12.4 Å². The summed E-state index contributed by atoms with van der Waals surface area (Å²) < 4.78 is 29.5. The van der Waals surface area contributed by atoms with Crippen LogP contribution in [0.5, 0.6) is 0 Å². The number of para-hydroxylation sites is 1. The number of benzene rings is 1. The molecule has 2 saturated carbocycles. The summed E-state index contributed by atoms with van der Waals surface area (Å²) >= 11 is 0. The minimum absolute atomic E-state index is 0.168. The van der Waals surface area contributed by atoms with Gasteiger partial charge in [-0.2, -0.15) is 0 Å². The van der Waals surface area contributed by atoms with Crippen LogP contribution >= 0.6 is 0 Å². The molecule has 1 amide bonds. The standard InChI is InChI=1S/C24H31N3O3S/c1-3-25(18-9-5-4-6-10-18)24(28)22-15-21-23(27(22)31(2,29)30)19-11-7-8-12-20(19)26(21)16-17-13-14-17/h7-8,11-12,15,17-18H,3-6,9-10,13-14,16H2,1-2H3. The number of carbonyl (C=O) groups is 1. The van der Waals surface area contributed by atoms with Crippen molar-refractivity contribution in [2.24, 2.45) is 5.92 Å². The number of hydrogen-bond donors (Lipinski definition) is 0. The molecule has 5 rings (SSSR count). The highest BCUT2D eigenvalue weighted by atomic mass is 32.2. The lowest BCUT2D eigenvalue weighted by molar-refractivity contribution is 0.0641. The van der Waals surface area contributed by atoms with Gasteiger partial charge in [0.1, 0.15) is 5.69 Å². The minimum Gasteiger partial charge on any atom is -0.339 e. The molecule has 31 heavy (non-hydrogen) atoms. The summed E-state index contributed by atoms with van der Waals surface area (Å²) in [6.07, 6.45) is 9.07. The van der Waals surface area contributed by atoms with Crippen molar-refractivity contribution in [1.82, 2.24) is 13.4 Å². The van der Waals surface area contributed by atoms with E-state index in [9.17, 15) is 13.2 Å². The van der Waals surface area contributed by atoms with Gasteiger partial charge in [0.05, 0.1) is 22.8 Å². The predicted octanol–water partition coefficient (Wildman–Crippen LogP) is 4.61. The van der Waals surface area contributed by atoms with Gasteiger partial charge in [0.15, 0.2) is 0 Å². The fourth-order valence-electron chi connectivity index (χ4n) is 5.33. The predicted molar refractivity (Wildman–Crippen MR) is 124 cm³/mol. The maximum atomic E-state index is 13.7. The molecule has 2 heterocycles. The van der Waals surface area contributed by atoms with Gasteiger partial charge in [0.25, 0.3) is 5.91 Å². The highest BCUT2D eigenvalue weighted by molar-refractivity contribution is 7.89. The average Bonchev–Trinajstić information content (AvgIpc) is 3.41. The van der Waals surface area contributed by atoms with E-state index in [1.807, 2.05) is 42.2 Å². The molecule has 1 aromatic carbocycles. The van der Waals surface area contributed by atoms with E-state index in [1.54, 1.807) is 0 Å². The van der Waals surface area contributed by atoms with E-state index < -0.39 is 10.0 Å². The molecule has 2 aromatic heterocycles. The molecule has 6 nitrogen and oxygen atoms in total. The van der Waals surface area contributed by atoms with Gasteiger partial charge in [-0.3, -0.25) is 4.79 Å². The lowest BCUT2D eigenvalue weighted by atomic mass is 9.94. The number of fused-ring (bicyclic) bond motifs is 3. The highest BCUT2D eigenvalue weighted by Gasteiger charge is 2.32. The molecule has 2 aliphatic rings. The molecule has 0 bridgehead atoms. The molecular weight excluding hydrogens is 410 g/mol. The zero-order valence-corrected chi connectivity index (χ0v) is 19.2. The fourth-order valence-corrected chi connectivity index (χ4v) is 6.34. The van der Waals surface area contributed by atoms with Crippen molar-refractivity contribution in [1.29, 1.82) is 0 Å². The van der Waals surface area contributed by atoms with Crippen molar-refractivity contribution in [2.75, 3.05) is 12.8 Å². The Bertz CT molecular complexity index is 1240. The molecule has 0 aliphatic heterocycles. The van der Waals surface area contributed by atoms with E-state index >= 15 is 0 Å². The SMILES string of the molecule is CCN(C(=O)c1cc2c(c3ccccc3n2CC2CC2)n1S(C)(=O)=O)C1CCCCC1. The summed E-state index contributed by atoms with van der Waals surface area (Å²) in [5.74, 6) is 0.465. The lowest BCUT2D eigenvalue weighted by Gasteiger charge is -2.33. The van der Waals surface area contributed by atoms with Gasteiger partial charge >= 0.3 is 0 Å². The van der Waals surface area contributed by atoms with Crippen LogP contribution in [0.25, 0.3) is 21.9 Å². The van der Waals surface area contributed by atoms with Crippen LogP contribution in [0.4, 0.5) is 0 Å². The van der Waals surface area contributed by atoms with Gasteiger partial charge in [0.2, 0.25) is 10.0 Å². The Morgan fingerprint density at radius 3 is 2.42 bits per heavy atom. The van der Waals surface area contributed by atoms with Crippen LogP contribution in [0.15, 0.2) is 30.3 Å². The third kappa shape index (κ3) is 3.56. The molecule has 0 atom stereocenters. The van der Waals surface area contributed by atoms with E-state index in [1.165, 1.54) is 29.5 Å². The summed E-state index contributed by atoms with van der Waals surface area (Å²) in [4.78, 5) is 15.6. The van der Waals surface area contributed by atoms with Crippen molar-refractivity contribution < 1.29 is 13.2 Å². The van der Waals surface area contributed by atoms with Gasteiger partial charge in [-0.05, 0) is 50.7 Å². The molecular formula is C24H31N3O3S. The van der Waals surface area contributed by atoms with Gasteiger partial charge < -0.3 is 9.47 Å². The van der Waals surface area contributed by atoms with Crippen molar-refractivity contribution >= 4 is 37.9 Å². The number of nitrogens with zero attached hydrogens (tertiary/aromatic N) is 3. The van der Waals surface area contributed by atoms with Crippen LogP contribution in [0.1, 0.15) is 62.4 Å². The second-order valence-corrected chi connectivity index (χ2v) is 11.1. The van der Waals surface area contributed by atoms with Crippen LogP contribution < -0.4 is 0 Å². The summed E-state index contributed by atoms with van der Waals surface area (Å²) in [7, 11) is -3.67. The van der Waals surface area contributed by atoms with E-state index in [0.717, 1.165) is 48.6 Å². The third-order valence-corrected chi connectivity index (χ3v) is 8.03. The van der Waals surface area contributed by atoms with Crippen molar-refractivity contribution in [3.05, 3.63) is 36.0 Å². The number of rotatable bonds is 6. The van der Waals surface area contributed by atoms with Gasteiger partial charge in [-0.1, -0.05) is 37.5 Å². The Hall–Kier alpha value is -2.28. The van der Waals surface area contributed by atoms with Crippen molar-refractivity contribution in [2.45, 2.75) is 64.5 Å². The van der Waals surface area contributed by atoms with Gasteiger partial charge in [-0.15, -0.1) is 0 Å². The molecule has 0 unspecified atom stereocenters. The first-order valence-corrected chi connectivity index (χ1v) is 13.4. The van der Waals surface area contributed by atoms with Crippen LogP contribution in [-0.4, -0.2) is 46.6 Å². The van der Waals surface area contributed by atoms with Gasteiger partial charge in [0, 0.05) is 24.5 Å². The number of aromatic nitrogens is 2. The van der Waals surface area contributed by atoms with Crippen LogP contribution in [0, 0.1) is 5.92 Å². The maximum absolute atomic E-state index is 13.7. The Labute approximate surface area is 183 Å². The monoisotopic (exact) mass is 441 g/mol. The van der Waals surface area contributed by atoms with E-state index in [4.69, 9.17) is 0 Å². The second kappa shape index (κ2) is 7.69. The Morgan fingerprint density at radius 2 is 1.77 bits per heavy atom. The minimum atomic E-state index is -3.67. The van der Waals surface area contributed by atoms with E-state index in [-0.39, 0.29) is 17.6 Å². The third-order valence-electron chi connectivity index (χ3n) is 6.98. The number of carbonyl (C=O) groups excluding carboxylic acids is 1. The van der Waals surface area contributed by atoms with Crippen LogP contribution in [0.3, 0.4) is 0 Å².